The van der Waals surface area contributed by atoms with Crippen LogP contribution in [0.4, 0.5) is 10.5 Å². The molecule has 1 aliphatic rings. The molecule has 2 aromatic rings. The number of amides is 2. The van der Waals surface area contributed by atoms with Gasteiger partial charge < -0.3 is 10.2 Å². The minimum absolute atomic E-state index is 0.0262. The van der Waals surface area contributed by atoms with Crippen LogP contribution in [0.25, 0.3) is 0 Å². The van der Waals surface area contributed by atoms with Crippen LogP contribution in [-0.4, -0.2) is 49.8 Å². The summed E-state index contributed by atoms with van der Waals surface area (Å²) in [4.78, 5) is 14.1. The molecule has 29 heavy (non-hydrogen) atoms. The summed E-state index contributed by atoms with van der Waals surface area (Å²) in [5, 5.41) is 12.3. The molecule has 3 rings (SSSR count). The van der Waals surface area contributed by atoms with Gasteiger partial charge in [0.2, 0.25) is 10.0 Å². The van der Waals surface area contributed by atoms with E-state index in [1.807, 2.05) is 6.07 Å². The predicted octanol–water partition coefficient (Wildman–Crippen LogP) is 3.79. The summed E-state index contributed by atoms with van der Waals surface area (Å²) in [5.41, 5.74) is 0.786. The van der Waals surface area contributed by atoms with Crippen molar-refractivity contribution >= 4 is 44.9 Å². The number of urea groups is 1. The van der Waals surface area contributed by atoms with Gasteiger partial charge in [-0.3, -0.25) is 0 Å². The number of hydrogen-bond donors (Lipinski definition) is 1. The molecule has 2 aromatic carbocycles. The first-order valence-corrected chi connectivity index (χ1v) is 11.0. The van der Waals surface area contributed by atoms with E-state index in [4.69, 9.17) is 28.5 Å². The molecule has 1 saturated heterocycles. The Morgan fingerprint density at radius 3 is 2.55 bits per heavy atom. The lowest BCUT2D eigenvalue weighted by molar-refractivity contribution is 0.214. The van der Waals surface area contributed by atoms with Gasteiger partial charge in [-0.05, 0) is 42.8 Å². The summed E-state index contributed by atoms with van der Waals surface area (Å²) in [6, 6.07) is 12.4. The second kappa shape index (κ2) is 9.01. The first kappa shape index (κ1) is 21.4. The highest BCUT2D eigenvalue weighted by atomic mass is 35.5. The first-order valence-electron chi connectivity index (χ1n) is 8.82. The van der Waals surface area contributed by atoms with Crippen molar-refractivity contribution in [1.82, 2.24) is 9.21 Å². The fourth-order valence-electron chi connectivity index (χ4n) is 3.00. The van der Waals surface area contributed by atoms with Crippen molar-refractivity contribution in [2.45, 2.75) is 11.3 Å². The van der Waals surface area contributed by atoms with Gasteiger partial charge in [-0.1, -0.05) is 29.3 Å². The Morgan fingerprint density at radius 1 is 1.07 bits per heavy atom. The van der Waals surface area contributed by atoms with Crippen LogP contribution in [0.3, 0.4) is 0 Å². The Morgan fingerprint density at radius 2 is 1.86 bits per heavy atom. The third-order valence-corrected chi connectivity index (χ3v) is 6.96. The molecule has 0 atom stereocenters. The van der Waals surface area contributed by atoms with E-state index in [2.05, 4.69) is 5.32 Å². The van der Waals surface area contributed by atoms with Gasteiger partial charge in [0.25, 0.3) is 0 Å². The maximum Gasteiger partial charge on any atom is 0.321 e. The van der Waals surface area contributed by atoms with E-state index < -0.39 is 10.0 Å². The molecule has 1 N–H and O–H groups in total. The van der Waals surface area contributed by atoms with Crippen LogP contribution in [0.5, 0.6) is 0 Å². The zero-order valence-corrected chi connectivity index (χ0v) is 17.6. The van der Waals surface area contributed by atoms with Gasteiger partial charge in [0, 0.05) is 36.9 Å². The first-order chi connectivity index (χ1) is 13.8. The Balaban J connectivity index is 1.69. The largest absolute Gasteiger partial charge is 0.323 e. The molecule has 0 aliphatic carbocycles. The molecule has 2 amide bonds. The molecule has 1 fully saturated rings. The van der Waals surface area contributed by atoms with Gasteiger partial charge in [-0.25, -0.2) is 13.2 Å². The van der Waals surface area contributed by atoms with Crippen LogP contribution in [0.15, 0.2) is 47.4 Å². The maximum atomic E-state index is 12.9. The lowest BCUT2D eigenvalue weighted by Gasteiger charge is -2.22. The Labute approximate surface area is 179 Å². The summed E-state index contributed by atoms with van der Waals surface area (Å²) in [5.74, 6) is 0. The summed E-state index contributed by atoms with van der Waals surface area (Å²) < 4.78 is 27.2. The number of carbonyl (C=O) groups excluding carboxylic acids is 1. The van der Waals surface area contributed by atoms with Gasteiger partial charge in [-0.2, -0.15) is 9.57 Å². The van der Waals surface area contributed by atoms with E-state index in [1.54, 1.807) is 29.2 Å². The Kier molecular flexibility index (Phi) is 6.65. The standard InChI is InChI=1S/C19H18Cl2N4O3S/c20-15-3-1-4-16(11-15)23-19(26)24-7-2-8-25(10-9-24)29(27,28)17-6-5-14(13-22)18(21)12-17/h1,3-6,11-12H,2,7-10H2,(H,23,26). The van der Waals surface area contributed by atoms with E-state index in [0.29, 0.717) is 23.7 Å². The van der Waals surface area contributed by atoms with Crippen LogP contribution in [0, 0.1) is 11.3 Å². The molecule has 1 aliphatic heterocycles. The van der Waals surface area contributed by atoms with E-state index in [-0.39, 0.29) is 41.1 Å². The van der Waals surface area contributed by atoms with Gasteiger partial charge in [-0.15, -0.1) is 0 Å². The van der Waals surface area contributed by atoms with Gasteiger partial charge in [0.05, 0.1) is 15.5 Å². The molecule has 0 saturated carbocycles. The minimum atomic E-state index is -3.78. The number of anilines is 1. The molecule has 0 spiro atoms. The van der Waals surface area contributed by atoms with Gasteiger partial charge in [0.15, 0.2) is 0 Å². The molecule has 7 nitrogen and oxygen atoms in total. The quantitative estimate of drug-likeness (QED) is 0.765. The molecule has 152 valence electrons. The number of halogens is 2. The van der Waals surface area contributed by atoms with Crippen LogP contribution in [0.1, 0.15) is 12.0 Å². The van der Waals surface area contributed by atoms with E-state index >= 15 is 0 Å². The zero-order valence-electron chi connectivity index (χ0n) is 15.3. The average Bonchev–Trinajstić information content (AvgIpc) is 2.95. The van der Waals surface area contributed by atoms with Crippen LogP contribution in [0.2, 0.25) is 10.0 Å². The van der Waals surface area contributed by atoms with Crippen LogP contribution in [-0.2, 0) is 10.0 Å². The molecular weight excluding hydrogens is 435 g/mol. The number of benzene rings is 2. The van der Waals surface area contributed by atoms with E-state index in [0.717, 1.165) is 0 Å². The van der Waals surface area contributed by atoms with Crippen molar-refractivity contribution in [2.24, 2.45) is 0 Å². The molecule has 1 heterocycles. The van der Waals surface area contributed by atoms with E-state index in [9.17, 15) is 13.2 Å². The van der Waals surface area contributed by atoms with Gasteiger partial charge in [0.1, 0.15) is 6.07 Å². The van der Waals surface area contributed by atoms with Crippen molar-refractivity contribution in [3.63, 3.8) is 0 Å². The van der Waals surface area contributed by atoms with Crippen molar-refractivity contribution in [3.8, 4) is 6.07 Å². The monoisotopic (exact) mass is 452 g/mol. The second-order valence-corrected chi connectivity index (χ2v) is 9.22. The maximum absolute atomic E-state index is 12.9. The smallest absolute Gasteiger partial charge is 0.321 e. The fraction of sp³-hybridized carbons (Fsp3) is 0.263. The second-order valence-electron chi connectivity index (χ2n) is 6.44. The van der Waals surface area contributed by atoms with Gasteiger partial charge >= 0.3 is 6.03 Å². The third kappa shape index (κ3) is 5.00. The molecule has 0 aromatic heterocycles. The van der Waals surface area contributed by atoms with Crippen molar-refractivity contribution in [2.75, 3.05) is 31.5 Å². The summed E-state index contributed by atoms with van der Waals surface area (Å²) in [6.45, 7) is 1.10. The predicted molar refractivity (Wildman–Crippen MR) is 112 cm³/mol. The fourth-order valence-corrected chi connectivity index (χ4v) is 4.98. The number of sulfonamides is 1. The lowest BCUT2D eigenvalue weighted by Crippen LogP contribution is -2.39. The Hall–Kier alpha value is -2.31. The highest BCUT2D eigenvalue weighted by Crippen LogP contribution is 2.24. The van der Waals surface area contributed by atoms with Crippen LogP contribution >= 0.6 is 23.2 Å². The molecule has 0 radical (unpaired) electrons. The Bertz CT molecular complexity index is 1070. The summed E-state index contributed by atoms with van der Waals surface area (Å²) >= 11 is 11.9. The lowest BCUT2D eigenvalue weighted by atomic mass is 10.2. The molecular formula is C19H18Cl2N4O3S. The highest BCUT2D eigenvalue weighted by molar-refractivity contribution is 7.89. The number of carbonyl (C=O) groups is 1. The molecule has 0 unspecified atom stereocenters. The van der Waals surface area contributed by atoms with Crippen LogP contribution < -0.4 is 5.32 Å². The number of rotatable bonds is 3. The number of hydrogen-bond acceptors (Lipinski definition) is 4. The molecule has 10 heteroatoms. The number of nitriles is 1. The average molecular weight is 453 g/mol. The van der Waals surface area contributed by atoms with Crippen molar-refractivity contribution < 1.29 is 13.2 Å². The summed E-state index contributed by atoms with van der Waals surface area (Å²) in [6.07, 6.45) is 0.492. The van der Waals surface area contributed by atoms with Crippen molar-refractivity contribution in [3.05, 3.63) is 58.1 Å². The zero-order chi connectivity index (χ0) is 21.0. The normalized spacial score (nSPS) is 15.4. The SMILES string of the molecule is N#Cc1ccc(S(=O)(=O)N2CCCN(C(=O)Nc3cccc(Cl)c3)CC2)cc1Cl. The topological polar surface area (TPSA) is 93.5 Å². The van der Waals surface area contributed by atoms with Crippen molar-refractivity contribution in [1.29, 1.82) is 5.26 Å². The number of nitrogens with zero attached hydrogens (tertiary/aromatic N) is 3. The summed E-state index contributed by atoms with van der Waals surface area (Å²) in [7, 11) is -3.78. The highest BCUT2D eigenvalue weighted by Gasteiger charge is 2.28. The minimum Gasteiger partial charge on any atom is -0.323 e. The van der Waals surface area contributed by atoms with E-state index in [1.165, 1.54) is 22.5 Å². The molecule has 0 bridgehead atoms. The third-order valence-electron chi connectivity index (χ3n) is 4.52. The number of nitrogens with one attached hydrogen (secondary N) is 1.